The number of hydrogen-bond donors (Lipinski definition) is 0. The van der Waals surface area contributed by atoms with Gasteiger partial charge >= 0.3 is 0 Å². The van der Waals surface area contributed by atoms with Crippen molar-refractivity contribution in [2.24, 2.45) is 5.92 Å². The Kier molecular flexibility index (Phi) is 4.79. The molecule has 0 saturated heterocycles. The molecule has 0 bridgehead atoms. The summed E-state index contributed by atoms with van der Waals surface area (Å²) in [6.45, 7) is 16.7. The molecule has 2 rings (SSSR count). The van der Waals surface area contributed by atoms with E-state index in [-0.39, 0.29) is 5.04 Å². The molecule has 1 aromatic rings. The standard InChI is InChI=1S/C19H30OSi/c1-15-12-17(14-20-21(5,6)19(2,3)4)18(13-15)16-10-8-7-9-11-16/h7-11,17-18H,1,12-14H2,2-6H3/t17-,18?/m0/s1. The van der Waals surface area contributed by atoms with Gasteiger partial charge < -0.3 is 4.43 Å². The molecule has 116 valence electrons. The summed E-state index contributed by atoms with van der Waals surface area (Å²) in [6.07, 6.45) is 2.24. The molecule has 0 radical (unpaired) electrons. The zero-order valence-electron chi connectivity index (χ0n) is 14.3. The summed E-state index contributed by atoms with van der Waals surface area (Å²) in [6, 6.07) is 10.9. The molecule has 0 heterocycles. The van der Waals surface area contributed by atoms with Crippen molar-refractivity contribution in [3.05, 3.63) is 48.0 Å². The molecular weight excluding hydrogens is 272 g/mol. The quantitative estimate of drug-likeness (QED) is 0.507. The summed E-state index contributed by atoms with van der Waals surface area (Å²) >= 11 is 0. The van der Waals surface area contributed by atoms with Crippen LogP contribution in [0.4, 0.5) is 0 Å². The van der Waals surface area contributed by atoms with Crippen molar-refractivity contribution in [2.45, 2.75) is 57.7 Å². The third-order valence-electron chi connectivity index (χ3n) is 5.32. The predicted molar refractivity (Wildman–Crippen MR) is 94.2 cm³/mol. The first-order valence-electron chi connectivity index (χ1n) is 8.06. The van der Waals surface area contributed by atoms with Crippen LogP contribution in [0.25, 0.3) is 0 Å². The van der Waals surface area contributed by atoms with Gasteiger partial charge in [0, 0.05) is 6.61 Å². The third kappa shape index (κ3) is 3.86. The van der Waals surface area contributed by atoms with Crippen molar-refractivity contribution in [2.75, 3.05) is 6.61 Å². The molecule has 1 aromatic carbocycles. The fourth-order valence-electron chi connectivity index (χ4n) is 2.87. The molecule has 2 heteroatoms. The topological polar surface area (TPSA) is 9.23 Å². The van der Waals surface area contributed by atoms with Crippen LogP contribution >= 0.6 is 0 Å². The number of allylic oxidation sites excluding steroid dienone is 1. The van der Waals surface area contributed by atoms with Crippen LogP contribution in [0.1, 0.15) is 45.1 Å². The van der Waals surface area contributed by atoms with E-state index in [0.717, 1.165) is 19.4 Å². The molecule has 0 spiro atoms. The van der Waals surface area contributed by atoms with Gasteiger partial charge in [-0.25, -0.2) is 0 Å². The fourth-order valence-corrected chi connectivity index (χ4v) is 3.94. The predicted octanol–water partition coefficient (Wildman–Crippen LogP) is 5.76. The van der Waals surface area contributed by atoms with E-state index < -0.39 is 8.32 Å². The Hall–Kier alpha value is -0.863. The lowest BCUT2D eigenvalue weighted by atomic mass is 9.89. The zero-order valence-corrected chi connectivity index (χ0v) is 15.3. The Labute approximate surface area is 131 Å². The zero-order chi connectivity index (χ0) is 15.7. The second-order valence-electron chi connectivity index (χ2n) is 8.01. The van der Waals surface area contributed by atoms with Crippen LogP contribution in [0.3, 0.4) is 0 Å². The molecule has 1 aliphatic rings. The molecular formula is C19H30OSi. The second-order valence-corrected chi connectivity index (χ2v) is 12.8. The lowest BCUT2D eigenvalue weighted by Gasteiger charge is -2.37. The summed E-state index contributed by atoms with van der Waals surface area (Å²) in [5, 5.41) is 0.283. The van der Waals surface area contributed by atoms with Gasteiger partial charge in [0.05, 0.1) is 0 Å². The van der Waals surface area contributed by atoms with Crippen molar-refractivity contribution in [1.29, 1.82) is 0 Å². The summed E-state index contributed by atoms with van der Waals surface area (Å²) in [4.78, 5) is 0. The van der Waals surface area contributed by atoms with Crippen molar-refractivity contribution < 1.29 is 4.43 Å². The highest BCUT2D eigenvalue weighted by Crippen LogP contribution is 2.44. The van der Waals surface area contributed by atoms with Crippen LogP contribution in [0.2, 0.25) is 18.1 Å². The molecule has 1 saturated carbocycles. The van der Waals surface area contributed by atoms with Gasteiger partial charge in [-0.2, -0.15) is 0 Å². The first-order valence-corrected chi connectivity index (χ1v) is 11.0. The van der Waals surface area contributed by atoms with E-state index >= 15 is 0 Å². The minimum absolute atomic E-state index is 0.283. The smallest absolute Gasteiger partial charge is 0.191 e. The highest BCUT2D eigenvalue weighted by Gasteiger charge is 2.39. The SMILES string of the molecule is C=C1CC(c2ccccc2)[C@H](CO[Si](C)(C)C(C)(C)C)C1. The van der Waals surface area contributed by atoms with E-state index in [0.29, 0.717) is 11.8 Å². The van der Waals surface area contributed by atoms with Gasteiger partial charge in [0.25, 0.3) is 0 Å². The summed E-state index contributed by atoms with van der Waals surface area (Å²) in [5.74, 6) is 1.18. The maximum Gasteiger partial charge on any atom is 0.191 e. The average molecular weight is 303 g/mol. The van der Waals surface area contributed by atoms with Crippen LogP contribution in [-0.4, -0.2) is 14.9 Å². The summed E-state index contributed by atoms with van der Waals surface area (Å²) in [7, 11) is -1.65. The van der Waals surface area contributed by atoms with Gasteiger partial charge in [-0.15, -0.1) is 0 Å². The summed E-state index contributed by atoms with van der Waals surface area (Å²) in [5.41, 5.74) is 2.83. The largest absolute Gasteiger partial charge is 0.417 e. The molecule has 1 unspecified atom stereocenters. The highest BCUT2D eigenvalue weighted by molar-refractivity contribution is 6.74. The van der Waals surface area contributed by atoms with Crippen LogP contribution in [0.15, 0.2) is 42.5 Å². The van der Waals surface area contributed by atoms with E-state index in [4.69, 9.17) is 4.43 Å². The number of benzene rings is 1. The van der Waals surface area contributed by atoms with E-state index in [1.165, 1.54) is 11.1 Å². The van der Waals surface area contributed by atoms with Crippen LogP contribution in [0, 0.1) is 5.92 Å². The van der Waals surface area contributed by atoms with Crippen molar-refractivity contribution in [1.82, 2.24) is 0 Å². The molecule has 1 nitrogen and oxygen atoms in total. The maximum absolute atomic E-state index is 6.48. The molecule has 21 heavy (non-hydrogen) atoms. The Morgan fingerprint density at radius 1 is 1.14 bits per heavy atom. The lowest BCUT2D eigenvalue weighted by Crippen LogP contribution is -2.42. The van der Waals surface area contributed by atoms with Gasteiger partial charge in [-0.1, -0.05) is 63.3 Å². The lowest BCUT2D eigenvalue weighted by molar-refractivity contribution is 0.220. The Morgan fingerprint density at radius 3 is 2.33 bits per heavy atom. The van der Waals surface area contributed by atoms with Gasteiger partial charge in [-0.05, 0) is 48.4 Å². The minimum atomic E-state index is -1.65. The number of rotatable bonds is 4. The van der Waals surface area contributed by atoms with E-state index in [1.807, 2.05) is 0 Å². The number of hydrogen-bond acceptors (Lipinski definition) is 1. The normalized spacial score (nSPS) is 23.6. The Morgan fingerprint density at radius 2 is 1.76 bits per heavy atom. The van der Waals surface area contributed by atoms with Crippen LogP contribution in [0.5, 0.6) is 0 Å². The molecule has 1 fully saturated rings. The van der Waals surface area contributed by atoms with E-state index in [2.05, 4.69) is 70.8 Å². The van der Waals surface area contributed by atoms with Gasteiger partial charge in [0.2, 0.25) is 0 Å². The van der Waals surface area contributed by atoms with Gasteiger partial charge in [0.15, 0.2) is 8.32 Å². The third-order valence-corrected chi connectivity index (χ3v) is 9.82. The minimum Gasteiger partial charge on any atom is -0.417 e. The van der Waals surface area contributed by atoms with Gasteiger partial charge in [-0.3, -0.25) is 0 Å². The average Bonchev–Trinajstić information content (AvgIpc) is 2.77. The molecule has 2 atom stereocenters. The molecule has 0 aromatic heterocycles. The van der Waals surface area contributed by atoms with Crippen LogP contribution < -0.4 is 0 Å². The van der Waals surface area contributed by atoms with Gasteiger partial charge in [0.1, 0.15) is 0 Å². The monoisotopic (exact) mass is 302 g/mol. The molecule has 0 aliphatic heterocycles. The van der Waals surface area contributed by atoms with Crippen molar-refractivity contribution in [3.8, 4) is 0 Å². The molecule has 0 N–H and O–H groups in total. The molecule has 0 amide bonds. The first-order chi connectivity index (χ1) is 9.71. The first kappa shape index (κ1) is 16.5. The van der Waals surface area contributed by atoms with Crippen LogP contribution in [-0.2, 0) is 4.43 Å². The summed E-state index contributed by atoms with van der Waals surface area (Å²) < 4.78 is 6.48. The maximum atomic E-state index is 6.48. The van der Waals surface area contributed by atoms with Crippen molar-refractivity contribution in [3.63, 3.8) is 0 Å². The fraction of sp³-hybridized carbons (Fsp3) is 0.579. The Balaban J connectivity index is 2.06. The van der Waals surface area contributed by atoms with E-state index in [1.54, 1.807) is 0 Å². The van der Waals surface area contributed by atoms with Crippen molar-refractivity contribution >= 4 is 8.32 Å². The molecule has 1 aliphatic carbocycles. The second kappa shape index (κ2) is 6.10. The highest BCUT2D eigenvalue weighted by atomic mass is 28.4. The Bertz CT molecular complexity index is 484. The van der Waals surface area contributed by atoms with E-state index in [9.17, 15) is 0 Å².